The zero-order valence-electron chi connectivity index (χ0n) is 12.1. The second-order valence-corrected chi connectivity index (χ2v) is 5.56. The molecule has 0 bridgehead atoms. The fourth-order valence-corrected chi connectivity index (χ4v) is 2.89. The standard InChI is InChI=1S/C15H20N4O2/c1-10(16)13-5-2-3-7-19(13)15(20)12-9-11(17-18-12)14-6-4-8-21-14/h4,6,8-10,13H,2-3,5,7,16H2,1H3,(H,17,18). The van der Waals surface area contributed by atoms with Crippen LogP contribution in [0, 0.1) is 0 Å². The summed E-state index contributed by atoms with van der Waals surface area (Å²) in [5.41, 5.74) is 7.14. The molecule has 6 heteroatoms. The third kappa shape index (κ3) is 2.71. The molecule has 1 aliphatic rings. The van der Waals surface area contributed by atoms with Crippen molar-refractivity contribution in [2.45, 2.75) is 38.3 Å². The van der Waals surface area contributed by atoms with E-state index in [9.17, 15) is 4.79 Å². The maximum Gasteiger partial charge on any atom is 0.274 e. The van der Waals surface area contributed by atoms with E-state index in [1.165, 1.54) is 0 Å². The van der Waals surface area contributed by atoms with Gasteiger partial charge in [0.15, 0.2) is 11.5 Å². The molecule has 1 amide bonds. The van der Waals surface area contributed by atoms with E-state index in [0.29, 0.717) is 17.1 Å². The average molecular weight is 288 g/mol. The minimum atomic E-state index is -0.0638. The molecule has 3 heterocycles. The molecule has 1 saturated heterocycles. The number of carbonyl (C=O) groups is 1. The van der Waals surface area contributed by atoms with E-state index in [0.717, 1.165) is 25.8 Å². The van der Waals surface area contributed by atoms with E-state index in [4.69, 9.17) is 10.2 Å². The van der Waals surface area contributed by atoms with Crippen LogP contribution in [0.25, 0.3) is 11.5 Å². The van der Waals surface area contributed by atoms with Gasteiger partial charge in [-0.05, 0) is 38.3 Å². The van der Waals surface area contributed by atoms with Gasteiger partial charge in [-0.2, -0.15) is 5.10 Å². The molecule has 0 aliphatic carbocycles. The van der Waals surface area contributed by atoms with Gasteiger partial charge in [0.1, 0.15) is 5.69 Å². The largest absolute Gasteiger partial charge is 0.463 e. The van der Waals surface area contributed by atoms with Crippen LogP contribution in [0.3, 0.4) is 0 Å². The molecule has 0 radical (unpaired) electrons. The number of hydrogen-bond donors (Lipinski definition) is 2. The summed E-state index contributed by atoms with van der Waals surface area (Å²) in [6.07, 6.45) is 4.69. The molecule has 0 aromatic carbocycles. The Kier molecular flexibility index (Phi) is 3.79. The van der Waals surface area contributed by atoms with Crippen LogP contribution in [0.15, 0.2) is 28.9 Å². The molecular weight excluding hydrogens is 268 g/mol. The van der Waals surface area contributed by atoms with Crippen LogP contribution >= 0.6 is 0 Å². The lowest BCUT2D eigenvalue weighted by molar-refractivity contribution is 0.0577. The zero-order chi connectivity index (χ0) is 14.8. The van der Waals surface area contributed by atoms with Crippen molar-refractivity contribution in [3.63, 3.8) is 0 Å². The number of carbonyl (C=O) groups excluding carboxylic acids is 1. The lowest BCUT2D eigenvalue weighted by Crippen LogP contribution is -2.51. The second kappa shape index (κ2) is 5.73. The number of aromatic amines is 1. The molecule has 3 N–H and O–H groups in total. The van der Waals surface area contributed by atoms with Gasteiger partial charge in [0.25, 0.3) is 5.91 Å². The molecule has 2 unspecified atom stereocenters. The van der Waals surface area contributed by atoms with Crippen LogP contribution in [-0.4, -0.2) is 39.6 Å². The van der Waals surface area contributed by atoms with Crippen molar-refractivity contribution in [1.82, 2.24) is 15.1 Å². The number of H-pyrrole nitrogens is 1. The fraction of sp³-hybridized carbons (Fsp3) is 0.467. The van der Waals surface area contributed by atoms with Crippen LogP contribution in [0.5, 0.6) is 0 Å². The van der Waals surface area contributed by atoms with Gasteiger partial charge in [0.2, 0.25) is 0 Å². The normalized spacial score (nSPS) is 20.5. The van der Waals surface area contributed by atoms with Crippen LogP contribution in [-0.2, 0) is 0 Å². The lowest BCUT2D eigenvalue weighted by atomic mass is 9.96. The Morgan fingerprint density at radius 3 is 3.14 bits per heavy atom. The van der Waals surface area contributed by atoms with Gasteiger partial charge < -0.3 is 15.1 Å². The Morgan fingerprint density at radius 2 is 2.43 bits per heavy atom. The number of furan rings is 1. The second-order valence-electron chi connectivity index (χ2n) is 5.56. The smallest absolute Gasteiger partial charge is 0.274 e. The molecule has 21 heavy (non-hydrogen) atoms. The summed E-state index contributed by atoms with van der Waals surface area (Å²) in [7, 11) is 0. The van der Waals surface area contributed by atoms with E-state index >= 15 is 0 Å². The molecule has 2 aromatic heterocycles. The van der Waals surface area contributed by atoms with E-state index in [1.807, 2.05) is 17.9 Å². The highest BCUT2D eigenvalue weighted by Crippen LogP contribution is 2.23. The molecule has 1 aliphatic heterocycles. The maximum atomic E-state index is 12.7. The van der Waals surface area contributed by atoms with Crippen molar-refractivity contribution >= 4 is 5.91 Å². The summed E-state index contributed by atoms with van der Waals surface area (Å²) in [5.74, 6) is 0.606. The van der Waals surface area contributed by atoms with E-state index in [1.54, 1.807) is 18.4 Å². The summed E-state index contributed by atoms with van der Waals surface area (Å²) < 4.78 is 5.30. The Morgan fingerprint density at radius 1 is 1.57 bits per heavy atom. The van der Waals surface area contributed by atoms with Gasteiger partial charge in [-0.3, -0.25) is 9.89 Å². The highest BCUT2D eigenvalue weighted by Gasteiger charge is 2.31. The fourth-order valence-electron chi connectivity index (χ4n) is 2.89. The molecule has 2 atom stereocenters. The third-order valence-corrected chi connectivity index (χ3v) is 4.00. The number of piperidine rings is 1. The molecule has 6 nitrogen and oxygen atoms in total. The topological polar surface area (TPSA) is 88.1 Å². The number of rotatable bonds is 3. The predicted molar refractivity (Wildman–Crippen MR) is 78.6 cm³/mol. The summed E-state index contributed by atoms with van der Waals surface area (Å²) in [6, 6.07) is 5.42. The van der Waals surface area contributed by atoms with Gasteiger partial charge in [-0.1, -0.05) is 0 Å². The van der Waals surface area contributed by atoms with Crippen molar-refractivity contribution in [1.29, 1.82) is 0 Å². The number of amides is 1. The molecular formula is C15H20N4O2. The first kappa shape index (κ1) is 13.9. The Labute approximate surface area is 123 Å². The minimum Gasteiger partial charge on any atom is -0.463 e. The number of nitrogens with one attached hydrogen (secondary N) is 1. The van der Waals surface area contributed by atoms with E-state index < -0.39 is 0 Å². The quantitative estimate of drug-likeness (QED) is 0.904. The van der Waals surface area contributed by atoms with Crippen LogP contribution in [0.1, 0.15) is 36.7 Å². The maximum absolute atomic E-state index is 12.7. The summed E-state index contributed by atoms with van der Waals surface area (Å²) >= 11 is 0. The number of nitrogens with zero attached hydrogens (tertiary/aromatic N) is 2. The first-order chi connectivity index (χ1) is 10.2. The molecule has 3 rings (SSSR count). The first-order valence-electron chi connectivity index (χ1n) is 7.32. The van der Waals surface area contributed by atoms with Gasteiger partial charge in [0, 0.05) is 24.7 Å². The number of nitrogens with two attached hydrogens (primary N) is 1. The number of hydrogen-bond acceptors (Lipinski definition) is 4. The summed E-state index contributed by atoms with van der Waals surface area (Å²) in [6.45, 7) is 2.70. The Bertz CT molecular complexity index is 603. The van der Waals surface area contributed by atoms with Crippen molar-refractivity contribution < 1.29 is 9.21 Å². The van der Waals surface area contributed by atoms with Crippen molar-refractivity contribution in [2.75, 3.05) is 6.54 Å². The highest BCUT2D eigenvalue weighted by molar-refractivity contribution is 5.93. The lowest BCUT2D eigenvalue weighted by Gasteiger charge is -2.37. The predicted octanol–water partition coefficient (Wildman–Crippen LogP) is 2.01. The van der Waals surface area contributed by atoms with E-state index in [2.05, 4.69) is 10.2 Å². The van der Waals surface area contributed by atoms with Crippen molar-refractivity contribution in [3.05, 3.63) is 30.2 Å². The third-order valence-electron chi connectivity index (χ3n) is 4.00. The van der Waals surface area contributed by atoms with Crippen LogP contribution in [0.4, 0.5) is 0 Å². The molecule has 112 valence electrons. The monoisotopic (exact) mass is 288 g/mol. The number of aromatic nitrogens is 2. The first-order valence-corrected chi connectivity index (χ1v) is 7.32. The SMILES string of the molecule is CC(N)C1CCCCN1C(=O)c1cc(-c2ccco2)[nH]n1. The van der Waals surface area contributed by atoms with Crippen molar-refractivity contribution in [2.24, 2.45) is 5.73 Å². The molecule has 1 fully saturated rings. The molecule has 2 aromatic rings. The highest BCUT2D eigenvalue weighted by atomic mass is 16.3. The van der Waals surface area contributed by atoms with Gasteiger partial charge in [-0.15, -0.1) is 0 Å². The van der Waals surface area contributed by atoms with Crippen LogP contribution in [0.2, 0.25) is 0 Å². The van der Waals surface area contributed by atoms with Gasteiger partial charge >= 0.3 is 0 Å². The summed E-state index contributed by atoms with van der Waals surface area (Å²) in [5, 5.41) is 6.97. The Hall–Kier alpha value is -2.08. The van der Waals surface area contributed by atoms with Gasteiger partial charge in [-0.25, -0.2) is 0 Å². The van der Waals surface area contributed by atoms with E-state index in [-0.39, 0.29) is 18.0 Å². The zero-order valence-corrected chi connectivity index (χ0v) is 12.1. The average Bonchev–Trinajstić information content (AvgIpc) is 3.17. The van der Waals surface area contributed by atoms with Gasteiger partial charge in [0.05, 0.1) is 6.26 Å². The summed E-state index contributed by atoms with van der Waals surface area (Å²) in [4.78, 5) is 14.5. The van der Waals surface area contributed by atoms with Crippen molar-refractivity contribution in [3.8, 4) is 11.5 Å². The van der Waals surface area contributed by atoms with Crippen LogP contribution < -0.4 is 5.73 Å². The number of likely N-dealkylation sites (tertiary alicyclic amines) is 1. The minimum absolute atomic E-state index is 0.0299. The Balaban J connectivity index is 1.81. The molecule has 0 saturated carbocycles. The molecule has 0 spiro atoms.